The van der Waals surface area contributed by atoms with Gasteiger partial charge in [0.2, 0.25) is 7.85 Å². The Morgan fingerprint density at radius 1 is 1.22 bits per heavy atom. The Morgan fingerprint density at radius 3 is 2.50 bits per heavy atom. The normalized spacial score (nSPS) is 9.28. The van der Waals surface area contributed by atoms with Gasteiger partial charge in [0.05, 0.1) is 11.9 Å². The number of benzene rings is 1. The average Bonchev–Trinajstić information content (AvgIpc) is 2.42. The first-order valence-electron chi connectivity index (χ1n) is 5.17. The molecule has 0 spiro atoms. The third-order valence-corrected chi connectivity index (χ3v) is 2.12. The Balaban J connectivity index is 0.000000492. The zero-order chi connectivity index (χ0) is 13.2. The molecule has 0 aliphatic heterocycles. The molecule has 2 N–H and O–H groups in total. The summed E-state index contributed by atoms with van der Waals surface area (Å²) in [7, 11) is 4.15. The number of nitriles is 1. The number of pyridine rings is 1. The van der Waals surface area contributed by atoms with Crippen molar-refractivity contribution in [2.24, 2.45) is 10.9 Å². The standard InChI is InChI=1S/C12H11N3.CBN/c13-15-9-10-5-1-2-6-11(10)12-7-3-4-8-14-12;2-1-3/h1-9H,13H2;. The molecule has 2 radical (unpaired) electrons. The van der Waals surface area contributed by atoms with Crippen molar-refractivity contribution in [3.05, 3.63) is 54.2 Å². The molecule has 0 saturated carbocycles. The maximum atomic E-state index is 7.10. The van der Waals surface area contributed by atoms with Crippen LogP contribution in [0.25, 0.3) is 11.3 Å². The summed E-state index contributed by atoms with van der Waals surface area (Å²) in [5.74, 6) is 6.41. The molecule has 0 atom stereocenters. The van der Waals surface area contributed by atoms with Gasteiger partial charge in [0.1, 0.15) is 0 Å². The SMILES string of the molecule is NN=Cc1ccccc1-c1ccccn1.[B]C#N. The largest absolute Gasteiger partial charge is 0.323 e. The van der Waals surface area contributed by atoms with Gasteiger partial charge in [-0.25, -0.2) is 5.26 Å². The van der Waals surface area contributed by atoms with E-state index in [2.05, 4.69) is 17.9 Å². The molecule has 2 aromatic rings. The quantitative estimate of drug-likeness (QED) is 0.371. The molecule has 2 rings (SSSR count). The van der Waals surface area contributed by atoms with E-state index < -0.39 is 0 Å². The minimum absolute atomic E-state index is 0.924. The van der Waals surface area contributed by atoms with Gasteiger partial charge in [-0.15, -0.1) is 0 Å². The minimum Gasteiger partial charge on any atom is -0.323 e. The Kier molecular flexibility index (Phi) is 5.71. The molecule has 0 amide bonds. The highest BCUT2D eigenvalue weighted by Gasteiger charge is 2.02. The van der Waals surface area contributed by atoms with E-state index in [1.807, 2.05) is 42.5 Å². The number of nitrogens with zero attached hydrogens (tertiary/aromatic N) is 3. The first kappa shape index (κ1) is 13.5. The van der Waals surface area contributed by atoms with E-state index in [1.54, 1.807) is 12.4 Å². The summed E-state index contributed by atoms with van der Waals surface area (Å²) in [5.41, 5.74) is 2.93. The first-order valence-corrected chi connectivity index (χ1v) is 5.17. The summed E-state index contributed by atoms with van der Waals surface area (Å²) in [6.07, 6.45) is 3.40. The molecule has 86 valence electrons. The van der Waals surface area contributed by atoms with Gasteiger partial charge in [-0.05, 0) is 18.1 Å². The van der Waals surface area contributed by atoms with Crippen LogP contribution < -0.4 is 5.84 Å². The Bertz CT molecular complexity index is 546. The van der Waals surface area contributed by atoms with Gasteiger partial charge >= 0.3 is 0 Å². The van der Waals surface area contributed by atoms with Crippen LogP contribution >= 0.6 is 0 Å². The summed E-state index contributed by atoms with van der Waals surface area (Å²) in [5, 5.41) is 10.6. The highest BCUT2D eigenvalue weighted by molar-refractivity contribution is 6.20. The van der Waals surface area contributed by atoms with Crippen LogP contribution in [0.15, 0.2) is 53.8 Å². The lowest BCUT2D eigenvalue weighted by molar-refractivity contribution is 1.26. The second-order valence-corrected chi connectivity index (χ2v) is 3.21. The van der Waals surface area contributed by atoms with Crippen LogP contribution in [0.1, 0.15) is 5.56 Å². The van der Waals surface area contributed by atoms with Crippen molar-refractivity contribution < 1.29 is 0 Å². The zero-order valence-electron chi connectivity index (χ0n) is 9.69. The van der Waals surface area contributed by atoms with Crippen LogP contribution in [0.5, 0.6) is 0 Å². The topological polar surface area (TPSA) is 75.1 Å². The lowest BCUT2D eigenvalue weighted by atomic mass is 10.1. The molecule has 1 aromatic carbocycles. The van der Waals surface area contributed by atoms with Gasteiger partial charge in [-0.1, -0.05) is 30.3 Å². The van der Waals surface area contributed by atoms with E-state index >= 15 is 0 Å². The van der Waals surface area contributed by atoms with E-state index in [0.717, 1.165) is 16.8 Å². The number of nitrogens with two attached hydrogens (primary N) is 1. The predicted octanol–water partition coefficient (Wildman–Crippen LogP) is 1.68. The summed E-state index contributed by atoms with van der Waals surface area (Å²) in [6, 6.07) is 13.7. The molecule has 18 heavy (non-hydrogen) atoms. The minimum atomic E-state index is 0.924. The molecule has 0 fully saturated rings. The molecule has 1 heterocycles. The average molecular weight is 234 g/mol. The van der Waals surface area contributed by atoms with Crippen LogP contribution in [0.3, 0.4) is 0 Å². The van der Waals surface area contributed by atoms with Gasteiger partial charge in [0.15, 0.2) is 0 Å². The van der Waals surface area contributed by atoms with E-state index in [-0.39, 0.29) is 0 Å². The molecule has 0 bridgehead atoms. The third kappa shape index (κ3) is 3.76. The monoisotopic (exact) mass is 234 g/mol. The number of hydrogen-bond donors (Lipinski definition) is 1. The van der Waals surface area contributed by atoms with Crippen LogP contribution in [0.2, 0.25) is 0 Å². The van der Waals surface area contributed by atoms with Gasteiger partial charge in [0, 0.05) is 17.3 Å². The fourth-order valence-corrected chi connectivity index (χ4v) is 1.45. The molecule has 5 heteroatoms. The van der Waals surface area contributed by atoms with Gasteiger partial charge in [-0.3, -0.25) is 4.98 Å². The summed E-state index contributed by atoms with van der Waals surface area (Å²) in [6.45, 7) is 0. The fraction of sp³-hybridized carbons (Fsp3) is 0. The zero-order valence-corrected chi connectivity index (χ0v) is 9.69. The number of hydrazone groups is 1. The van der Waals surface area contributed by atoms with Crippen LogP contribution in [0, 0.1) is 11.2 Å². The van der Waals surface area contributed by atoms with Crippen molar-refractivity contribution in [3.8, 4) is 17.2 Å². The van der Waals surface area contributed by atoms with Gasteiger partial charge in [0.25, 0.3) is 0 Å². The molecular weight excluding hydrogens is 223 g/mol. The Morgan fingerprint density at radius 2 is 1.89 bits per heavy atom. The van der Waals surface area contributed by atoms with Crippen molar-refractivity contribution in [1.82, 2.24) is 4.98 Å². The van der Waals surface area contributed by atoms with Crippen molar-refractivity contribution in [2.75, 3.05) is 0 Å². The molecule has 4 nitrogen and oxygen atoms in total. The van der Waals surface area contributed by atoms with E-state index in [1.165, 1.54) is 5.97 Å². The lowest BCUT2D eigenvalue weighted by Gasteiger charge is -2.03. The van der Waals surface area contributed by atoms with E-state index in [4.69, 9.17) is 11.1 Å². The van der Waals surface area contributed by atoms with Crippen molar-refractivity contribution in [3.63, 3.8) is 0 Å². The van der Waals surface area contributed by atoms with E-state index in [9.17, 15) is 0 Å². The molecule has 1 aromatic heterocycles. The van der Waals surface area contributed by atoms with Crippen LogP contribution in [-0.4, -0.2) is 19.0 Å². The Labute approximate surface area is 107 Å². The smallest absolute Gasteiger partial charge is 0.229 e. The van der Waals surface area contributed by atoms with Gasteiger partial charge in [-0.2, -0.15) is 5.10 Å². The molecular formula is C13H11BN4. The highest BCUT2D eigenvalue weighted by atomic mass is 15.1. The second-order valence-electron chi connectivity index (χ2n) is 3.21. The lowest BCUT2D eigenvalue weighted by Crippen LogP contribution is -1.91. The molecule has 0 aliphatic rings. The summed E-state index contributed by atoms with van der Waals surface area (Å²) < 4.78 is 0. The molecule has 0 unspecified atom stereocenters. The molecule has 0 aliphatic carbocycles. The predicted molar refractivity (Wildman–Crippen MR) is 72.8 cm³/mol. The highest BCUT2D eigenvalue weighted by Crippen LogP contribution is 2.19. The fourth-order valence-electron chi connectivity index (χ4n) is 1.45. The first-order chi connectivity index (χ1) is 8.83. The maximum absolute atomic E-state index is 7.10. The summed E-state index contributed by atoms with van der Waals surface area (Å²) in [4.78, 5) is 4.29. The second kappa shape index (κ2) is 7.63. The maximum Gasteiger partial charge on any atom is 0.229 e. The number of hydrogen-bond acceptors (Lipinski definition) is 4. The van der Waals surface area contributed by atoms with Crippen molar-refractivity contribution in [1.29, 1.82) is 5.26 Å². The summed E-state index contributed by atoms with van der Waals surface area (Å²) >= 11 is 0. The Hall–Kier alpha value is -2.61. The van der Waals surface area contributed by atoms with Gasteiger partial charge < -0.3 is 5.84 Å². The number of rotatable bonds is 2. The van der Waals surface area contributed by atoms with Crippen LogP contribution in [-0.2, 0) is 0 Å². The van der Waals surface area contributed by atoms with E-state index in [0.29, 0.717) is 0 Å². The van der Waals surface area contributed by atoms with Crippen molar-refractivity contribution in [2.45, 2.75) is 0 Å². The third-order valence-electron chi connectivity index (χ3n) is 2.12. The van der Waals surface area contributed by atoms with Crippen LogP contribution in [0.4, 0.5) is 0 Å². The van der Waals surface area contributed by atoms with Crippen molar-refractivity contribution >= 4 is 14.1 Å². The number of aromatic nitrogens is 1. The molecule has 0 saturated heterocycles.